The van der Waals surface area contributed by atoms with Gasteiger partial charge in [-0.2, -0.15) is 0 Å². The summed E-state index contributed by atoms with van der Waals surface area (Å²) in [7, 11) is 0. The molecule has 0 fully saturated rings. The van der Waals surface area contributed by atoms with E-state index in [2.05, 4.69) is 15.3 Å². The molecule has 2 heterocycles. The van der Waals surface area contributed by atoms with Gasteiger partial charge in [-0.3, -0.25) is 4.98 Å². The predicted molar refractivity (Wildman–Crippen MR) is 76.2 cm³/mol. The van der Waals surface area contributed by atoms with Gasteiger partial charge in [0.05, 0.1) is 11.2 Å². The van der Waals surface area contributed by atoms with Crippen LogP contribution in [0.15, 0.2) is 54.9 Å². The number of nitrogens with one attached hydrogen (secondary N) is 1. The summed E-state index contributed by atoms with van der Waals surface area (Å²) in [5, 5.41) is 13.1. The number of carbonyl (C=O) groups is 1. The first-order valence-corrected chi connectivity index (χ1v) is 6.04. The first-order chi connectivity index (χ1) is 9.74. The number of carboxylic acid groups (broad SMARTS) is 1. The quantitative estimate of drug-likeness (QED) is 0.761. The average Bonchev–Trinajstić information content (AvgIpc) is 2.48. The summed E-state index contributed by atoms with van der Waals surface area (Å²) in [6.07, 6.45) is 3.19. The minimum absolute atomic E-state index is 0.00296. The normalized spacial score (nSPS) is 10.4. The zero-order valence-corrected chi connectivity index (χ0v) is 10.4. The third-order valence-electron chi connectivity index (χ3n) is 2.89. The van der Waals surface area contributed by atoms with Gasteiger partial charge in [-0.15, -0.1) is 0 Å². The molecule has 0 saturated heterocycles. The van der Waals surface area contributed by atoms with Crippen molar-refractivity contribution in [1.29, 1.82) is 0 Å². The molecule has 3 rings (SSSR count). The van der Waals surface area contributed by atoms with Crippen molar-refractivity contribution in [3.8, 4) is 0 Å². The molecule has 1 aromatic carbocycles. The second kappa shape index (κ2) is 4.97. The van der Waals surface area contributed by atoms with Gasteiger partial charge < -0.3 is 10.4 Å². The molecular formula is C15H11N3O2. The fraction of sp³-hybridized carbons (Fsp3) is 0. The second-order valence-electron chi connectivity index (χ2n) is 4.24. The highest BCUT2D eigenvalue weighted by molar-refractivity contribution is 5.92. The van der Waals surface area contributed by atoms with Crippen molar-refractivity contribution in [3.63, 3.8) is 0 Å². The van der Waals surface area contributed by atoms with Gasteiger partial charge in [0.2, 0.25) is 0 Å². The van der Waals surface area contributed by atoms with Crippen LogP contribution in [0.1, 0.15) is 10.5 Å². The van der Waals surface area contributed by atoms with E-state index in [-0.39, 0.29) is 5.69 Å². The van der Waals surface area contributed by atoms with Gasteiger partial charge in [0.1, 0.15) is 5.69 Å². The van der Waals surface area contributed by atoms with E-state index in [1.165, 1.54) is 12.3 Å². The molecule has 2 N–H and O–H groups in total. The van der Waals surface area contributed by atoms with Gasteiger partial charge in [0.15, 0.2) is 0 Å². The molecule has 0 aliphatic rings. The van der Waals surface area contributed by atoms with Crippen LogP contribution in [-0.2, 0) is 0 Å². The topological polar surface area (TPSA) is 75.1 Å². The molecule has 0 saturated carbocycles. The summed E-state index contributed by atoms with van der Waals surface area (Å²) in [6, 6.07) is 12.9. The van der Waals surface area contributed by atoms with Gasteiger partial charge >= 0.3 is 5.97 Å². The zero-order chi connectivity index (χ0) is 13.9. The van der Waals surface area contributed by atoms with E-state index in [1.807, 2.05) is 30.3 Å². The second-order valence-corrected chi connectivity index (χ2v) is 4.24. The summed E-state index contributed by atoms with van der Waals surface area (Å²) in [5.74, 6) is -1.05. The van der Waals surface area contributed by atoms with Crippen LogP contribution in [-0.4, -0.2) is 21.0 Å². The number of rotatable bonds is 3. The minimum atomic E-state index is -1.05. The molecule has 3 aromatic rings. The van der Waals surface area contributed by atoms with Crippen LogP contribution in [0, 0.1) is 0 Å². The number of nitrogens with zero attached hydrogens (tertiary/aromatic N) is 2. The highest BCUT2D eigenvalue weighted by Gasteiger charge is 2.06. The van der Waals surface area contributed by atoms with Crippen LogP contribution >= 0.6 is 0 Å². The number of benzene rings is 1. The Morgan fingerprint density at radius 1 is 1.05 bits per heavy atom. The third-order valence-corrected chi connectivity index (χ3v) is 2.89. The van der Waals surface area contributed by atoms with Crippen molar-refractivity contribution in [2.45, 2.75) is 0 Å². The molecule has 0 aliphatic heterocycles. The lowest BCUT2D eigenvalue weighted by Crippen LogP contribution is -2.01. The Labute approximate surface area is 114 Å². The molecule has 5 heteroatoms. The Balaban J connectivity index is 2.01. The standard InChI is InChI=1S/C15H11N3O2/c19-15(20)13-9-11(6-8-16-13)18-12-5-1-3-10-4-2-7-17-14(10)12/h1-9H,(H,16,18)(H,19,20). The Morgan fingerprint density at radius 2 is 1.90 bits per heavy atom. The number of pyridine rings is 2. The number of hydrogen-bond donors (Lipinski definition) is 2. The van der Waals surface area contributed by atoms with Crippen LogP contribution < -0.4 is 5.32 Å². The van der Waals surface area contributed by atoms with E-state index in [1.54, 1.807) is 12.3 Å². The highest BCUT2D eigenvalue weighted by atomic mass is 16.4. The van der Waals surface area contributed by atoms with Crippen molar-refractivity contribution in [3.05, 3.63) is 60.6 Å². The maximum atomic E-state index is 10.9. The summed E-state index contributed by atoms with van der Waals surface area (Å²) < 4.78 is 0. The maximum absolute atomic E-state index is 10.9. The fourth-order valence-corrected chi connectivity index (χ4v) is 1.99. The van der Waals surface area contributed by atoms with Crippen LogP contribution in [0.4, 0.5) is 11.4 Å². The Bertz CT molecular complexity index is 781. The third kappa shape index (κ3) is 2.29. The number of aromatic nitrogens is 2. The monoisotopic (exact) mass is 265 g/mol. The summed E-state index contributed by atoms with van der Waals surface area (Å²) in [5.41, 5.74) is 2.33. The fourth-order valence-electron chi connectivity index (χ4n) is 1.99. The molecule has 0 radical (unpaired) electrons. The van der Waals surface area contributed by atoms with E-state index in [4.69, 9.17) is 5.11 Å². The maximum Gasteiger partial charge on any atom is 0.354 e. The molecule has 0 aliphatic carbocycles. The lowest BCUT2D eigenvalue weighted by atomic mass is 10.2. The molecule has 5 nitrogen and oxygen atoms in total. The highest BCUT2D eigenvalue weighted by Crippen LogP contribution is 2.24. The van der Waals surface area contributed by atoms with Crippen molar-refractivity contribution >= 4 is 28.2 Å². The summed E-state index contributed by atoms with van der Waals surface area (Å²) in [4.78, 5) is 19.0. The molecular weight excluding hydrogens is 254 g/mol. The molecule has 2 aromatic heterocycles. The molecule has 0 bridgehead atoms. The largest absolute Gasteiger partial charge is 0.477 e. The Morgan fingerprint density at radius 3 is 2.75 bits per heavy atom. The molecule has 20 heavy (non-hydrogen) atoms. The van der Waals surface area contributed by atoms with Crippen molar-refractivity contribution in [2.24, 2.45) is 0 Å². The molecule has 98 valence electrons. The first-order valence-electron chi connectivity index (χ1n) is 6.04. The van der Waals surface area contributed by atoms with Gasteiger partial charge in [-0.05, 0) is 24.3 Å². The van der Waals surface area contributed by atoms with Gasteiger partial charge in [-0.25, -0.2) is 9.78 Å². The number of aromatic carboxylic acids is 1. The zero-order valence-electron chi connectivity index (χ0n) is 10.4. The van der Waals surface area contributed by atoms with Crippen molar-refractivity contribution in [2.75, 3.05) is 5.32 Å². The molecule has 0 atom stereocenters. The van der Waals surface area contributed by atoms with Gasteiger partial charge in [0, 0.05) is 23.5 Å². The van der Waals surface area contributed by atoms with E-state index in [0.29, 0.717) is 5.69 Å². The van der Waals surface area contributed by atoms with E-state index < -0.39 is 5.97 Å². The van der Waals surface area contributed by atoms with Crippen LogP contribution in [0.5, 0.6) is 0 Å². The number of carboxylic acids is 1. The van der Waals surface area contributed by atoms with Crippen LogP contribution in [0.3, 0.4) is 0 Å². The van der Waals surface area contributed by atoms with E-state index >= 15 is 0 Å². The minimum Gasteiger partial charge on any atom is -0.477 e. The van der Waals surface area contributed by atoms with E-state index in [9.17, 15) is 4.79 Å². The number of para-hydroxylation sites is 1. The Kier molecular flexibility index (Phi) is 3.01. The number of anilines is 2. The first kappa shape index (κ1) is 12.1. The summed E-state index contributed by atoms with van der Waals surface area (Å²) >= 11 is 0. The van der Waals surface area contributed by atoms with Crippen LogP contribution in [0.2, 0.25) is 0 Å². The van der Waals surface area contributed by atoms with Gasteiger partial charge in [0.25, 0.3) is 0 Å². The number of hydrogen-bond acceptors (Lipinski definition) is 4. The van der Waals surface area contributed by atoms with Gasteiger partial charge in [-0.1, -0.05) is 18.2 Å². The molecule has 0 unspecified atom stereocenters. The number of fused-ring (bicyclic) bond motifs is 1. The SMILES string of the molecule is O=C(O)c1cc(Nc2cccc3cccnc23)ccn1. The van der Waals surface area contributed by atoms with Crippen molar-refractivity contribution < 1.29 is 9.90 Å². The smallest absolute Gasteiger partial charge is 0.354 e. The molecule has 0 spiro atoms. The lowest BCUT2D eigenvalue weighted by Gasteiger charge is -2.09. The average molecular weight is 265 g/mol. The van der Waals surface area contributed by atoms with Crippen molar-refractivity contribution in [1.82, 2.24) is 9.97 Å². The lowest BCUT2D eigenvalue weighted by molar-refractivity contribution is 0.0690. The van der Waals surface area contributed by atoms with Crippen LogP contribution in [0.25, 0.3) is 10.9 Å². The summed E-state index contributed by atoms with van der Waals surface area (Å²) in [6.45, 7) is 0. The van der Waals surface area contributed by atoms with E-state index in [0.717, 1.165) is 16.6 Å². The predicted octanol–water partition coefficient (Wildman–Crippen LogP) is 3.07. The molecule has 0 amide bonds. The Hall–Kier alpha value is -2.95.